The molecule has 2 rings (SSSR count). The maximum Gasteiger partial charge on any atom is 0.151 e. The summed E-state index contributed by atoms with van der Waals surface area (Å²) in [5, 5.41) is 11.7. The van der Waals surface area contributed by atoms with Crippen molar-refractivity contribution in [2.75, 3.05) is 18.5 Å². The average Bonchev–Trinajstić information content (AvgIpc) is 2.35. The van der Waals surface area contributed by atoms with Crippen molar-refractivity contribution in [2.45, 2.75) is 39.8 Å². The summed E-state index contributed by atoms with van der Waals surface area (Å²) in [6.45, 7) is 8.80. The molecule has 100 valence electrons. The molecule has 3 atom stereocenters. The fraction of sp³-hybridized carbons (Fsp3) is 0.714. The molecule has 1 fully saturated rings. The monoisotopic (exact) mass is 248 g/mol. The van der Waals surface area contributed by atoms with Gasteiger partial charge in [0.05, 0.1) is 5.69 Å². The van der Waals surface area contributed by atoms with Crippen molar-refractivity contribution in [3.05, 3.63) is 17.8 Å². The second-order valence-electron chi connectivity index (χ2n) is 5.62. The molecule has 1 aliphatic heterocycles. The molecular weight excluding hydrogens is 224 g/mol. The van der Waals surface area contributed by atoms with Crippen LogP contribution in [0.15, 0.2) is 12.1 Å². The van der Waals surface area contributed by atoms with Gasteiger partial charge in [-0.15, -0.1) is 5.10 Å². The molecule has 0 bridgehead atoms. The van der Waals surface area contributed by atoms with Gasteiger partial charge < -0.3 is 10.2 Å². The Hall–Kier alpha value is -1.16. The standard InChI is InChI=1S/C14H24N4/c1-10-7-11(2)12(3)18(9-10)14-6-5-13(8-15-4)16-17-14/h5-6,10-12,15H,7-9H2,1-4H3. The first kappa shape index (κ1) is 13.3. The summed E-state index contributed by atoms with van der Waals surface area (Å²) in [5.74, 6) is 2.46. The molecule has 1 N–H and O–H groups in total. The van der Waals surface area contributed by atoms with Crippen molar-refractivity contribution in [3.8, 4) is 0 Å². The Kier molecular flexibility index (Phi) is 4.17. The Bertz CT molecular complexity index is 376. The van der Waals surface area contributed by atoms with E-state index in [0.29, 0.717) is 12.0 Å². The van der Waals surface area contributed by atoms with Crippen LogP contribution in [0.1, 0.15) is 32.9 Å². The minimum Gasteiger partial charge on any atom is -0.352 e. The molecule has 3 unspecified atom stereocenters. The predicted octanol–water partition coefficient (Wildman–Crippen LogP) is 2.07. The Morgan fingerprint density at radius 2 is 2.06 bits per heavy atom. The molecule has 0 aliphatic carbocycles. The molecular formula is C14H24N4. The highest BCUT2D eigenvalue weighted by atomic mass is 15.3. The van der Waals surface area contributed by atoms with Crippen LogP contribution in [0, 0.1) is 11.8 Å². The molecule has 1 saturated heterocycles. The van der Waals surface area contributed by atoms with Gasteiger partial charge in [-0.1, -0.05) is 13.8 Å². The highest BCUT2D eigenvalue weighted by molar-refractivity contribution is 5.39. The second kappa shape index (κ2) is 5.65. The number of hydrogen-bond donors (Lipinski definition) is 1. The molecule has 4 nitrogen and oxygen atoms in total. The molecule has 0 saturated carbocycles. The van der Waals surface area contributed by atoms with Gasteiger partial charge in [0.2, 0.25) is 0 Å². The quantitative estimate of drug-likeness (QED) is 0.889. The van der Waals surface area contributed by atoms with Crippen molar-refractivity contribution >= 4 is 5.82 Å². The van der Waals surface area contributed by atoms with Crippen LogP contribution in [0.25, 0.3) is 0 Å². The Labute approximate surface area is 110 Å². The minimum atomic E-state index is 0.547. The van der Waals surface area contributed by atoms with Crippen LogP contribution in [0.4, 0.5) is 5.82 Å². The topological polar surface area (TPSA) is 41.0 Å². The number of aromatic nitrogens is 2. The first-order valence-corrected chi connectivity index (χ1v) is 6.85. The number of nitrogens with one attached hydrogen (secondary N) is 1. The summed E-state index contributed by atoms with van der Waals surface area (Å²) in [4.78, 5) is 2.40. The maximum absolute atomic E-state index is 4.38. The van der Waals surface area contributed by atoms with E-state index in [1.165, 1.54) is 6.42 Å². The summed E-state index contributed by atoms with van der Waals surface area (Å²) < 4.78 is 0. The molecule has 1 aromatic rings. The third kappa shape index (κ3) is 2.80. The smallest absolute Gasteiger partial charge is 0.151 e. The van der Waals surface area contributed by atoms with E-state index in [1.54, 1.807) is 0 Å². The normalized spacial score (nSPS) is 28.4. The van der Waals surface area contributed by atoms with Gasteiger partial charge in [0.25, 0.3) is 0 Å². The molecule has 1 aliphatic rings. The SMILES string of the molecule is CNCc1ccc(N2CC(C)CC(C)C2C)nn1. The first-order valence-electron chi connectivity index (χ1n) is 6.85. The van der Waals surface area contributed by atoms with Crippen molar-refractivity contribution in [3.63, 3.8) is 0 Å². The van der Waals surface area contributed by atoms with Crippen LogP contribution in [0.2, 0.25) is 0 Å². The van der Waals surface area contributed by atoms with Gasteiger partial charge in [-0.05, 0) is 44.4 Å². The van der Waals surface area contributed by atoms with Gasteiger partial charge in [0.15, 0.2) is 5.82 Å². The summed E-state index contributed by atoms with van der Waals surface area (Å²) in [7, 11) is 1.92. The predicted molar refractivity (Wildman–Crippen MR) is 74.5 cm³/mol. The highest BCUT2D eigenvalue weighted by Gasteiger charge is 2.29. The fourth-order valence-electron chi connectivity index (χ4n) is 2.80. The largest absolute Gasteiger partial charge is 0.352 e. The number of piperidine rings is 1. The third-order valence-corrected chi connectivity index (χ3v) is 3.96. The third-order valence-electron chi connectivity index (χ3n) is 3.96. The van der Waals surface area contributed by atoms with Crippen LogP contribution in [0.5, 0.6) is 0 Å². The van der Waals surface area contributed by atoms with Crippen LogP contribution in [-0.2, 0) is 6.54 Å². The molecule has 2 heterocycles. The lowest BCUT2D eigenvalue weighted by atomic mass is 9.86. The molecule has 0 radical (unpaired) electrons. The minimum absolute atomic E-state index is 0.547. The molecule has 18 heavy (non-hydrogen) atoms. The van der Waals surface area contributed by atoms with E-state index >= 15 is 0 Å². The van der Waals surface area contributed by atoms with Gasteiger partial charge in [-0.2, -0.15) is 5.10 Å². The highest BCUT2D eigenvalue weighted by Crippen LogP contribution is 2.29. The zero-order valence-corrected chi connectivity index (χ0v) is 11.8. The van der Waals surface area contributed by atoms with E-state index in [-0.39, 0.29) is 0 Å². The average molecular weight is 248 g/mol. The fourth-order valence-corrected chi connectivity index (χ4v) is 2.80. The Morgan fingerprint density at radius 3 is 2.67 bits per heavy atom. The molecule has 0 spiro atoms. The molecule has 0 aromatic carbocycles. The zero-order chi connectivity index (χ0) is 13.1. The number of nitrogens with zero attached hydrogens (tertiary/aromatic N) is 3. The summed E-state index contributed by atoms with van der Waals surface area (Å²) in [5.41, 5.74) is 0.993. The van der Waals surface area contributed by atoms with Crippen LogP contribution in [-0.4, -0.2) is 29.8 Å². The van der Waals surface area contributed by atoms with Crippen LogP contribution >= 0.6 is 0 Å². The van der Waals surface area contributed by atoms with Crippen LogP contribution < -0.4 is 10.2 Å². The molecule has 0 amide bonds. The summed E-state index contributed by atoms with van der Waals surface area (Å²) in [6.07, 6.45) is 1.31. The number of hydrogen-bond acceptors (Lipinski definition) is 4. The number of anilines is 1. The van der Waals surface area contributed by atoms with Gasteiger partial charge in [-0.3, -0.25) is 0 Å². The van der Waals surface area contributed by atoms with E-state index in [2.05, 4.69) is 53.3 Å². The van der Waals surface area contributed by atoms with Crippen LogP contribution in [0.3, 0.4) is 0 Å². The Balaban J connectivity index is 2.14. The zero-order valence-electron chi connectivity index (χ0n) is 11.8. The lowest BCUT2D eigenvalue weighted by Crippen LogP contribution is -2.46. The molecule has 4 heteroatoms. The second-order valence-corrected chi connectivity index (χ2v) is 5.62. The van der Waals surface area contributed by atoms with Crippen molar-refractivity contribution in [1.29, 1.82) is 0 Å². The van der Waals surface area contributed by atoms with Gasteiger partial charge in [0, 0.05) is 19.1 Å². The summed E-state index contributed by atoms with van der Waals surface area (Å²) >= 11 is 0. The van der Waals surface area contributed by atoms with Crippen molar-refractivity contribution < 1.29 is 0 Å². The van der Waals surface area contributed by atoms with Gasteiger partial charge >= 0.3 is 0 Å². The van der Waals surface area contributed by atoms with E-state index in [0.717, 1.165) is 30.5 Å². The lowest BCUT2D eigenvalue weighted by Gasteiger charge is -2.41. The Morgan fingerprint density at radius 1 is 1.28 bits per heavy atom. The number of rotatable bonds is 3. The van der Waals surface area contributed by atoms with E-state index in [9.17, 15) is 0 Å². The molecule has 1 aromatic heterocycles. The van der Waals surface area contributed by atoms with E-state index < -0.39 is 0 Å². The summed E-state index contributed by atoms with van der Waals surface area (Å²) in [6, 6.07) is 4.71. The maximum atomic E-state index is 4.38. The van der Waals surface area contributed by atoms with E-state index in [4.69, 9.17) is 0 Å². The van der Waals surface area contributed by atoms with Crippen molar-refractivity contribution in [2.24, 2.45) is 11.8 Å². The van der Waals surface area contributed by atoms with E-state index in [1.807, 2.05) is 7.05 Å². The van der Waals surface area contributed by atoms with Crippen molar-refractivity contribution in [1.82, 2.24) is 15.5 Å². The first-order chi connectivity index (χ1) is 8.61. The lowest BCUT2D eigenvalue weighted by molar-refractivity contribution is 0.295. The van der Waals surface area contributed by atoms with Gasteiger partial charge in [0.1, 0.15) is 0 Å². The van der Waals surface area contributed by atoms with Gasteiger partial charge in [-0.25, -0.2) is 0 Å².